The lowest BCUT2D eigenvalue weighted by atomic mass is 9.93. The molecule has 0 aliphatic rings. The van der Waals surface area contributed by atoms with Crippen molar-refractivity contribution in [3.63, 3.8) is 0 Å². The number of hydrogen-bond acceptors (Lipinski definition) is 0. The lowest BCUT2D eigenvalue weighted by Gasteiger charge is -2.18. The van der Waals surface area contributed by atoms with Crippen LogP contribution in [-0.4, -0.2) is 9.13 Å². The first kappa shape index (κ1) is 30.5. The van der Waals surface area contributed by atoms with E-state index in [2.05, 4.69) is 215 Å². The molecule has 2 heteroatoms. The fourth-order valence-electron chi connectivity index (χ4n) is 8.57. The Morgan fingerprint density at radius 2 is 0.593 bits per heavy atom. The van der Waals surface area contributed by atoms with Crippen LogP contribution in [0.15, 0.2) is 206 Å². The molecule has 2 aromatic heterocycles. The average Bonchev–Trinajstić information content (AvgIpc) is 3.25. The van der Waals surface area contributed by atoms with Gasteiger partial charge in [0, 0.05) is 33.2 Å². The fourth-order valence-corrected chi connectivity index (χ4v) is 8.57. The van der Waals surface area contributed by atoms with Crippen LogP contribution in [0.1, 0.15) is 0 Å². The first-order valence-electron chi connectivity index (χ1n) is 18.6. The minimum atomic E-state index is 1.12. The number of nitrogens with zero attached hydrogens (tertiary/aromatic N) is 2. The summed E-state index contributed by atoms with van der Waals surface area (Å²) >= 11 is 0. The van der Waals surface area contributed by atoms with Gasteiger partial charge in [-0.05, 0) is 127 Å². The van der Waals surface area contributed by atoms with Crippen molar-refractivity contribution in [3.05, 3.63) is 206 Å². The van der Waals surface area contributed by atoms with Crippen LogP contribution in [0.3, 0.4) is 0 Å². The van der Waals surface area contributed by atoms with Gasteiger partial charge in [-0.3, -0.25) is 0 Å². The van der Waals surface area contributed by atoms with E-state index >= 15 is 0 Å². The van der Waals surface area contributed by atoms with Gasteiger partial charge in [-0.2, -0.15) is 0 Å². The van der Waals surface area contributed by atoms with Crippen LogP contribution < -0.4 is 0 Å². The Hall–Kier alpha value is -7.16. The second-order valence-electron chi connectivity index (χ2n) is 14.2. The van der Waals surface area contributed by atoms with Crippen LogP contribution in [0, 0.1) is 0 Å². The van der Waals surface area contributed by atoms with Crippen molar-refractivity contribution < 1.29 is 0 Å². The molecule has 12 rings (SSSR count). The minimum absolute atomic E-state index is 1.12. The van der Waals surface area contributed by atoms with Gasteiger partial charge in [0.15, 0.2) is 0 Å². The highest BCUT2D eigenvalue weighted by atomic mass is 15.0. The molecule has 0 unspecified atom stereocenters. The molecule has 10 aromatic carbocycles. The van der Waals surface area contributed by atoms with Crippen LogP contribution in [0.2, 0.25) is 0 Å². The smallest absolute Gasteiger partial charge is 0.0540 e. The Balaban J connectivity index is 1.43. The molecule has 252 valence electrons. The quantitative estimate of drug-likeness (QED) is 0.160. The van der Waals surface area contributed by atoms with Crippen molar-refractivity contribution in [3.8, 4) is 11.4 Å². The van der Waals surface area contributed by atoms with E-state index in [1.807, 2.05) is 0 Å². The minimum Gasteiger partial charge on any atom is -0.310 e. The SMILES string of the molecule is c1ccc(-n2c3cccc(c3)c3cccc(c3)c3cccc(c3)c3cccc(c3)n(-c3ccccc3)c3ccc4ccc5ccc2c2ccc3c4c52)cc1. The van der Waals surface area contributed by atoms with Crippen LogP contribution in [0.4, 0.5) is 0 Å². The molecule has 0 saturated heterocycles. The highest BCUT2D eigenvalue weighted by Crippen LogP contribution is 2.39. The highest BCUT2D eigenvalue weighted by molar-refractivity contribution is 6.28. The second kappa shape index (κ2) is 12.2. The first-order valence-corrected chi connectivity index (χ1v) is 18.6. The Morgan fingerprint density at radius 3 is 1.00 bits per heavy atom. The Kier molecular flexibility index (Phi) is 6.90. The molecule has 0 N–H and O–H groups in total. The lowest BCUT2D eigenvalue weighted by Crippen LogP contribution is -1.99. The topological polar surface area (TPSA) is 9.86 Å². The Labute approximate surface area is 312 Å². The first-order chi connectivity index (χ1) is 26.8. The summed E-state index contributed by atoms with van der Waals surface area (Å²) in [7, 11) is 0. The molecule has 12 aromatic rings. The molecule has 0 aliphatic heterocycles. The van der Waals surface area contributed by atoms with Crippen LogP contribution in [-0.2, 0) is 0 Å². The molecule has 14 bridgehead atoms. The fraction of sp³-hybridized carbons (Fsp3) is 0. The van der Waals surface area contributed by atoms with Gasteiger partial charge < -0.3 is 9.13 Å². The van der Waals surface area contributed by atoms with Crippen molar-refractivity contribution in [2.45, 2.75) is 0 Å². The number of hydrogen-bond donors (Lipinski definition) is 0. The summed E-state index contributed by atoms with van der Waals surface area (Å²) in [6.07, 6.45) is 0. The second-order valence-corrected chi connectivity index (χ2v) is 14.2. The maximum Gasteiger partial charge on any atom is 0.0540 e. The molecule has 0 spiro atoms. The third-order valence-electron chi connectivity index (χ3n) is 11.1. The van der Waals surface area contributed by atoms with Gasteiger partial charge in [-0.1, -0.05) is 133 Å². The molecule has 0 saturated carbocycles. The number of aromatic nitrogens is 2. The van der Waals surface area contributed by atoms with Crippen molar-refractivity contribution in [1.29, 1.82) is 0 Å². The molecule has 0 fully saturated rings. The molecule has 2 heterocycles. The highest BCUT2D eigenvalue weighted by Gasteiger charge is 2.15. The van der Waals surface area contributed by atoms with E-state index in [1.165, 1.54) is 64.6 Å². The maximum absolute atomic E-state index is 2.42. The van der Waals surface area contributed by atoms with E-state index in [0.717, 1.165) is 33.4 Å². The van der Waals surface area contributed by atoms with Crippen molar-refractivity contribution in [2.24, 2.45) is 0 Å². The standard InChI is InChI=1S/C52H34N2/c1-3-17-43(18-4-1)53-45-21-9-15-41(33-45)39-13-7-11-37(31-39)38-12-8-14-40(32-38)42-16-10-22-46(34-42)54(44-19-5-2-6-20-44)50-30-26-36-24-23-35-25-29-49(53)47-27-28-48(50)52(36)51(35)47/h1-34H. The molecule has 2 nitrogen and oxygen atoms in total. The van der Waals surface area contributed by atoms with E-state index in [4.69, 9.17) is 0 Å². The van der Waals surface area contributed by atoms with Gasteiger partial charge in [0.2, 0.25) is 0 Å². The molecular weight excluding hydrogens is 653 g/mol. The third-order valence-corrected chi connectivity index (χ3v) is 11.1. The van der Waals surface area contributed by atoms with E-state index in [0.29, 0.717) is 0 Å². The molecule has 0 aliphatic carbocycles. The predicted octanol–water partition coefficient (Wildman–Crippen LogP) is 14.2. The van der Waals surface area contributed by atoms with E-state index in [1.54, 1.807) is 0 Å². The predicted molar refractivity (Wildman–Crippen MR) is 232 cm³/mol. The number of para-hydroxylation sites is 2. The van der Waals surface area contributed by atoms with Crippen LogP contribution in [0.25, 0.3) is 98.1 Å². The van der Waals surface area contributed by atoms with Crippen molar-refractivity contribution in [2.75, 3.05) is 0 Å². The van der Waals surface area contributed by atoms with Gasteiger partial charge >= 0.3 is 0 Å². The van der Waals surface area contributed by atoms with Crippen LogP contribution in [0.5, 0.6) is 0 Å². The molecule has 0 amide bonds. The molecule has 0 radical (unpaired) electrons. The van der Waals surface area contributed by atoms with Gasteiger partial charge in [-0.25, -0.2) is 0 Å². The summed E-state index contributed by atoms with van der Waals surface area (Å²) in [6.45, 7) is 0. The lowest BCUT2D eigenvalue weighted by molar-refractivity contribution is 1.16. The zero-order valence-electron chi connectivity index (χ0n) is 29.5. The summed E-state index contributed by atoms with van der Waals surface area (Å²) in [6, 6.07) is 75.8. The third kappa shape index (κ3) is 4.88. The Morgan fingerprint density at radius 1 is 0.241 bits per heavy atom. The molecule has 0 atom stereocenters. The van der Waals surface area contributed by atoms with Gasteiger partial charge in [0.1, 0.15) is 0 Å². The summed E-state index contributed by atoms with van der Waals surface area (Å²) in [4.78, 5) is 0. The number of benzene rings is 10. The maximum atomic E-state index is 2.42. The summed E-state index contributed by atoms with van der Waals surface area (Å²) in [5.41, 5.74) is 6.77. The zero-order valence-corrected chi connectivity index (χ0v) is 29.5. The summed E-state index contributed by atoms with van der Waals surface area (Å²) < 4.78 is 4.84. The normalized spacial score (nSPS) is 11.7. The van der Waals surface area contributed by atoms with Gasteiger partial charge in [0.05, 0.1) is 11.0 Å². The largest absolute Gasteiger partial charge is 0.310 e. The van der Waals surface area contributed by atoms with Crippen LogP contribution >= 0.6 is 0 Å². The van der Waals surface area contributed by atoms with Gasteiger partial charge in [0.25, 0.3) is 0 Å². The Bertz CT molecular complexity index is 3140. The average molecular weight is 687 g/mol. The molecule has 54 heavy (non-hydrogen) atoms. The van der Waals surface area contributed by atoms with Crippen molar-refractivity contribution >= 4 is 86.7 Å². The van der Waals surface area contributed by atoms with E-state index < -0.39 is 0 Å². The molecular formula is C52H34N2. The number of rotatable bonds is 2. The number of fused-ring (bicyclic) bond motifs is 1. The van der Waals surface area contributed by atoms with Crippen molar-refractivity contribution in [1.82, 2.24) is 9.13 Å². The zero-order chi connectivity index (χ0) is 35.6. The summed E-state index contributed by atoms with van der Waals surface area (Å²) in [5.74, 6) is 0. The monoisotopic (exact) mass is 686 g/mol. The van der Waals surface area contributed by atoms with E-state index in [-0.39, 0.29) is 0 Å². The van der Waals surface area contributed by atoms with Gasteiger partial charge in [-0.15, -0.1) is 0 Å². The van der Waals surface area contributed by atoms with E-state index in [9.17, 15) is 0 Å². The summed E-state index contributed by atoms with van der Waals surface area (Å²) in [5, 5.41) is 14.6.